The molecule has 2 rings (SSSR count). The maximum atomic E-state index is 11.4. The fourth-order valence-electron chi connectivity index (χ4n) is 2.04. The van der Waals surface area contributed by atoms with Gasteiger partial charge in [-0.25, -0.2) is 4.73 Å². The molecule has 0 saturated carbocycles. The molecule has 1 aromatic carbocycles. The zero-order valence-electron chi connectivity index (χ0n) is 13.0. The number of benzene rings is 1. The van der Waals surface area contributed by atoms with E-state index < -0.39 is 0 Å². The average Bonchev–Trinajstić information content (AvgIpc) is 2.48. The van der Waals surface area contributed by atoms with E-state index in [1.54, 1.807) is 12.3 Å². The number of aromatic nitrogens is 2. The van der Waals surface area contributed by atoms with Crippen molar-refractivity contribution in [3.8, 4) is 5.75 Å². The Morgan fingerprint density at radius 1 is 1.32 bits per heavy atom. The molecule has 0 atom stereocenters. The van der Waals surface area contributed by atoms with E-state index in [0.29, 0.717) is 23.8 Å². The normalized spacial score (nSPS) is 10.7. The number of ether oxygens (including phenoxy) is 1. The summed E-state index contributed by atoms with van der Waals surface area (Å²) >= 11 is 0. The second-order valence-electron chi connectivity index (χ2n) is 5.28. The third-order valence-corrected chi connectivity index (χ3v) is 2.98. The van der Waals surface area contributed by atoms with Gasteiger partial charge in [0.2, 0.25) is 0 Å². The quantitative estimate of drug-likeness (QED) is 0.456. The molecule has 6 nitrogen and oxygen atoms in total. The molecule has 22 heavy (non-hydrogen) atoms. The lowest BCUT2D eigenvalue weighted by Crippen LogP contribution is -2.31. The van der Waals surface area contributed by atoms with E-state index in [2.05, 4.69) is 27.3 Å². The Balaban J connectivity index is 1.71. The Labute approximate surface area is 130 Å². The first kappa shape index (κ1) is 16.0. The first-order valence-electron chi connectivity index (χ1n) is 7.29. The number of hydrogen-bond donors (Lipinski definition) is 1. The summed E-state index contributed by atoms with van der Waals surface area (Å²) in [7, 11) is 4.08. The van der Waals surface area contributed by atoms with Crippen LogP contribution in [0.2, 0.25) is 0 Å². The third-order valence-electron chi connectivity index (χ3n) is 2.98. The van der Waals surface area contributed by atoms with Crippen LogP contribution in [0.15, 0.2) is 42.7 Å². The van der Waals surface area contributed by atoms with Gasteiger partial charge in [0.1, 0.15) is 11.9 Å². The van der Waals surface area contributed by atoms with Gasteiger partial charge in [-0.2, -0.15) is 0 Å². The molecule has 0 radical (unpaired) electrons. The standard InChI is InChI=1S/C16H22N4O2/c1-19(2)13-14-6-3-7-15(12-14)22-11-5-9-18-16-17-8-4-10-20(16)21/h3-4,6-8,10,12H,5,9,11,13H2,1-2H3,(H,17,18). The van der Waals surface area contributed by atoms with Gasteiger partial charge >= 0.3 is 5.95 Å². The van der Waals surface area contributed by atoms with Gasteiger partial charge < -0.3 is 14.8 Å². The molecule has 118 valence electrons. The SMILES string of the molecule is CN(C)Cc1cccc(OCCCNc2nccc[n+]2[O-])c1. The summed E-state index contributed by atoms with van der Waals surface area (Å²) in [6.45, 7) is 2.11. The lowest BCUT2D eigenvalue weighted by atomic mass is 10.2. The highest BCUT2D eigenvalue weighted by Crippen LogP contribution is 2.14. The van der Waals surface area contributed by atoms with Gasteiger partial charge in [0.15, 0.2) is 0 Å². The first-order valence-corrected chi connectivity index (χ1v) is 7.29. The van der Waals surface area contributed by atoms with E-state index in [-0.39, 0.29) is 0 Å². The molecule has 2 aromatic rings. The summed E-state index contributed by atoms with van der Waals surface area (Å²) in [6.07, 6.45) is 3.79. The van der Waals surface area contributed by atoms with Gasteiger partial charge in [-0.05, 0) is 31.8 Å². The smallest absolute Gasteiger partial charge is 0.391 e. The predicted molar refractivity (Wildman–Crippen MR) is 85.6 cm³/mol. The van der Waals surface area contributed by atoms with E-state index in [1.807, 2.05) is 26.2 Å². The van der Waals surface area contributed by atoms with Crippen molar-refractivity contribution in [2.75, 3.05) is 32.6 Å². The molecule has 6 heteroatoms. The first-order chi connectivity index (χ1) is 10.6. The van der Waals surface area contributed by atoms with Crippen molar-refractivity contribution in [2.24, 2.45) is 0 Å². The Hall–Kier alpha value is -2.34. The highest BCUT2D eigenvalue weighted by atomic mass is 16.5. The summed E-state index contributed by atoms with van der Waals surface area (Å²) < 4.78 is 6.45. The Morgan fingerprint density at radius 3 is 2.95 bits per heavy atom. The molecule has 1 heterocycles. The molecule has 0 spiro atoms. The van der Waals surface area contributed by atoms with E-state index in [4.69, 9.17) is 4.74 Å². The van der Waals surface area contributed by atoms with E-state index >= 15 is 0 Å². The molecule has 0 bridgehead atoms. The van der Waals surface area contributed by atoms with Gasteiger partial charge in [-0.3, -0.25) is 5.32 Å². The molecule has 0 unspecified atom stereocenters. The maximum Gasteiger partial charge on any atom is 0.391 e. The monoisotopic (exact) mass is 302 g/mol. The van der Waals surface area contributed by atoms with Crippen molar-refractivity contribution in [2.45, 2.75) is 13.0 Å². The van der Waals surface area contributed by atoms with Gasteiger partial charge in [0.05, 0.1) is 19.3 Å². The van der Waals surface area contributed by atoms with Crippen LogP contribution in [0.1, 0.15) is 12.0 Å². The Bertz CT molecular complexity index is 590. The molecule has 0 aliphatic heterocycles. The van der Waals surface area contributed by atoms with E-state index in [0.717, 1.165) is 18.7 Å². The highest BCUT2D eigenvalue weighted by Gasteiger charge is 2.03. The van der Waals surface area contributed by atoms with E-state index in [1.165, 1.54) is 11.8 Å². The number of rotatable bonds is 8. The third kappa shape index (κ3) is 5.21. The summed E-state index contributed by atoms with van der Waals surface area (Å²) in [5.41, 5.74) is 1.22. The fourth-order valence-corrected chi connectivity index (χ4v) is 2.04. The minimum absolute atomic E-state index is 0.315. The molecule has 0 aliphatic carbocycles. The Kier molecular flexibility index (Phi) is 5.97. The van der Waals surface area contributed by atoms with Crippen molar-refractivity contribution in [1.29, 1.82) is 0 Å². The Morgan fingerprint density at radius 2 is 2.18 bits per heavy atom. The van der Waals surface area contributed by atoms with E-state index in [9.17, 15) is 5.21 Å². The molecule has 0 aliphatic rings. The number of nitrogens with one attached hydrogen (secondary N) is 1. The fraction of sp³-hybridized carbons (Fsp3) is 0.375. The van der Waals surface area contributed by atoms with Crippen LogP contribution in [0, 0.1) is 5.21 Å². The van der Waals surface area contributed by atoms with Crippen LogP contribution in [-0.4, -0.2) is 37.1 Å². The minimum atomic E-state index is 0.315. The zero-order valence-corrected chi connectivity index (χ0v) is 13.0. The lowest BCUT2D eigenvalue weighted by Gasteiger charge is -2.11. The second-order valence-corrected chi connectivity index (χ2v) is 5.28. The molecular formula is C16H22N4O2. The van der Waals surface area contributed by atoms with Crippen LogP contribution in [-0.2, 0) is 6.54 Å². The summed E-state index contributed by atoms with van der Waals surface area (Å²) in [4.78, 5) is 6.09. The molecule has 0 fully saturated rings. The molecular weight excluding hydrogens is 280 g/mol. The average molecular weight is 302 g/mol. The van der Waals surface area contributed by atoms with Gasteiger partial charge in [0.25, 0.3) is 0 Å². The van der Waals surface area contributed by atoms with Crippen molar-refractivity contribution in [3.63, 3.8) is 0 Å². The van der Waals surface area contributed by atoms with Gasteiger partial charge in [-0.1, -0.05) is 17.1 Å². The number of nitrogens with zero attached hydrogens (tertiary/aromatic N) is 3. The number of anilines is 1. The second kappa shape index (κ2) is 8.19. The van der Waals surface area contributed by atoms with Crippen molar-refractivity contribution < 1.29 is 9.47 Å². The summed E-state index contributed by atoms with van der Waals surface area (Å²) in [6, 6.07) is 9.69. The largest absolute Gasteiger partial charge is 0.740 e. The van der Waals surface area contributed by atoms with Crippen molar-refractivity contribution in [3.05, 3.63) is 53.5 Å². The maximum absolute atomic E-state index is 11.4. The van der Waals surface area contributed by atoms with Crippen molar-refractivity contribution in [1.82, 2.24) is 9.88 Å². The summed E-state index contributed by atoms with van der Waals surface area (Å²) in [5, 5.41) is 14.4. The predicted octanol–water partition coefficient (Wildman–Crippen LogP) is 1.66. The lowest BCUT2D eigenvalue weighted by molar-refractivity contribution is -0.593. The molecule has 1 N–H and O–H groups in total. The van der Waals surface area contributed by atoms with Crippen LogP contribution in [0.4, 0.5) is 5.95 Å². The highest BCUT2D eigenvalue weighted by molar-refractivity contribution is 5.28. The van der Waals surface area contributed by atoms with Gasteiger partial charge in [0, 0.05) is 19.0 Å². The molecule has 1 aromatic heterocycles. The molecule has 0 amide bonds. The van der Waals surface area contributed by atoms with Crippen LogP contribution < -0.4 is 14.8 Å². The number of hydrogen-bond acceptors (Lipinski definition) is 5. The minimum Gasteiger partial charge on any atom is -0.740 e. The zero-order chi connectivity index (χ0) is 15.8. The van der Waals surface area contributed by atoms with Crippen LogP contribution in [0.3, 0.4) is 0 Å². The van der Waals surface area contributed by atoms with Crippen LogP contribution in [0.25, 0.3) is 0 Å². The van der Waals surface area contributed by atoms with Crippen LogP contribution in [0.5, 0.6) is 5.75 Å². The molecule has 0 saturated heterocycles. The van der Waals surface area contributed by atoms with Gasteiger partial charge in [-0.15, -0.1) is 0 Å². The van der Waals surface area contributed by atoms with Crippen LogP contribution >= 0.6 is 0 Å². The summed E-state index contributed by atoms with van der Waals surface area (Å²) in [5.74, 6) is 1.19. The topological polar surface area (TPSA) is 64.3 Å². The van der Waals surface area contributed by atoms with Crippen molar-refractivity contribution >= 4 is 5.95 Å².